The Hall–Kier alpha value is -1.65. The van der Waals surface area contributed by atoms with Crippen LogP contribution in [0.3, 0.4) is 0 Å². The lowest BCUT2D eigenvalue weighted by molar-refractivity contribution is -0.115. The highest BCUT2D eigenvalue weighted by molar-refractivity contribution is 8.03. The molecule has 1 aromatic carbocycles. The van der Waals surface area contributed by atoms with E-state index >= 15 is 0 Å². The van der Waals surface area contributed by atoms with E-state index in [9.17, 15) is 14.0 Å². The second-order valence-corrected chi connectivity index (χ2v) is 6.99. The number of rotatable bonds is 5. The third-order valence-electron chi connectivity index (χ3n) is 2.23. The first-order valence-electron chi connectivity index (χ1n) is 5.83. The third-order valence-corrected chi connectivity index (χ3v) is 5.24. The van der Waals surface area contributed by atoms with Crippen molar-refractivity contribution in [1.29, 1.82) is 0 Å². The number of benzene rings is 1. The summed E-state index contributed by atoms with van der Waals surface area (Å²) in [4.78, 5) is 23.2. The van der Waals surface area contributed by atoms with E-state index in [0.717, 1.165) is 16.5 Å². The molecule has 2 rings (SSSR count). The van der Waals surface area contributed by atoms with Gasteiger partial charge in [0.1, 0.15) is 5.82 Å². The second kappa shape index (κ2) is 8.11. The van der Waals surface area contributed by atoms with Crippen LogP contribution in [-0.2, 0) is 4.79 Å². The Morgan fingerprint density at radius 2 is 1.86 bits per heavy atom. The molecular formula is C12H9FN4O2S3. The Morgan fingerprint density at radius 3 is 2.50 bits per heavy atom. The predicted octanol–water partition coefficient (Wildman–Crippen LogP) is 3.31. The highest BCUT2D eigenvalue weighted by Crippen LogP contribution is 2.27. The first-order chi connectivity index (χ1) is 10.6. The molecule has 0 radical (unpaired) electrons. The molecule has 1 heterocycles. The number of hydrogen-bond acceptors (Lipinski definition) is 7. The smallest absolute Gasteiger partial charge is 0.270 e. The minimum atomic E-state index is -0.695. The number of thioether (sulfide) groups is 2. The van der Waals surface area contributed by atoms with Crippen LogP contribution in [0.1, 0.15) is 10.4 Å². The maximum atomic E-state index is 12.7. The Balaban J connectivity index is 1.85. The third kappa shape index (κ3) is 4.97. The zero-order chi connectivity index (χ0) is 15.9. The van der Waals surface area contributed by atoms with Gasteiger partial charge < -0.3 is 0 Å². The minimum Gasteiger partial charge on any atom is -0.270 e. The molecule has 0 aliphatic rings. The standard InChI is InChI=1S/C12H9FN4O2S3/c1-20-11-16-17-12(22-11)21-6-9(18)14-15-10(19)7-2-4-8(13)5-3-7/h2-5H,6H2,1H3. The summed E-state index contributed by atoms with van der Waals surface area (Å²) in [6, 6.07) is 4.83. The second-order valence-electron chi connectivity index (χ2n) is 3.73. The van der Waals surface area contributed by atoms with Gasteiger partial charge in [0.25, 0.3) is 11.8 Å². The molecule has 0 unspecified atom stereocenters. The molecular weight excluding hydrogens is 347 g/mol. The lowest BCUT2D eigenvalue weighted by Crippen LogP contribution is -1.99. The number of azo groups is 1. The summed E-state index contributed by atoms with van der Waals surface area (Å²) in [5.41, 5.74) is 0.166. The summed E-state index contributed by atoms with van der Waals surface area (Å²) in [6.45, 7) is 0. The Bertz CT molecular complexity index is 703. The van der Waals surface area contributed by atoms with Crippen molar-refractivity contribution < 1.29 is 14.0 Å². The molecule has 0 aliphatic heterocycles. The fraction of sp³-hybridized carbons (Fsp3) is 0.167. The van der Waals surface area contributed by atoms with Crippen molar-refractivity contribution >= 4 is 46.7 Å². The van der Waals surface area contributed by atoms with E-state index in [1.165, 1.54) is 47.0 Å². The topological polar surface area (TPSA) is 84.6 Å². The van der Waals surface area contributed by atoms with E-state index in [0.29, 0.717) is 4.34 Å². The van der Waals surface area contributed by atoms with E-state index in [1.54, 1.807) is 0 Å². The number of carbonyl (C=O) groups is 2. The SMILES string of the molecule is CSc1nnc(SCC(=O)N=NC(=O)c2ccc(F)cc2)s1. The van der Waals surface area contributed by atoms with E-state index in [4.69, 9.17) is 0 Å². The predicted molar refractivity (Wildman–Crippen MR) is 83.0 cm³/mol. The minimum absolute atomic E-state index is 0.0171. The normalized spacial score (nSPS) is 11.0. The van der Waals surface area contributed by atoms with Gasteiger partial charge in [-0.25, -0.2) is 4.39 Å². The van der Waals surface area contributed by atoms with Crippen molar-refractivity contribution in [2.75, 3.05) is 12.0 Å². The van der Waals surface area contributed by atoms with Crippen molar-refractivity contribution in [1.82, 2.24) is 10.2 Å². The molecule has 0 saturated heterocycles. The zero-order valence-corrected chi connectivity index (χ0v) is 13.7. The van der Waals surface area contributed by atoms with Gasteiger partial charge in [0.2, 0.25) is 0 Å². The number of amides is 2. The fourth-order valence-corrected chi connectivity index (χ4v) is 3.46. The van der Waals surface area contributed by atoms with Crippen LogP contribution >= 0.6 is 34.9 Å². The van der Waals surface area contributed by atoms with Gasteiger partial charge in [-0.05, 0) is 30.5 Å². The van der Waals surface area contributed by atoms with Crippen molar-refractivity contribution in [3.63, 3.8) is 0 Å². The van der Waals surface area contributed by atoms with Gasteiger partial charge in [-0.1, -0.05) is 34.9 Å². The van der Waals surface area contributed by atoms with Crippen molar-refractivity contribution in [2.45, 2.75) is 8.68 Å². The van der Waals surface area contributed by atoms with E-state index < -0.39 is 17.6 Å². The van der Waals surface area contributed by atoms with Gasteiger partial charge in [-0.3, -0.25) is 9.59 Å². The molecule has 0 atom stereocenters. The molecule has 0 bridgehead atoms. The molecule has 0 fully saturated rings. The van der Waals surface area contributed by atoms with Gasteiger partial charge in [0.15, 0.2) is 8.68 Å². The van der Waals surface area contributed by atoms with Gasteiger partial charge in [-0.15, -0.1) is 20.4 Å². The fourth-order valence-electron chi connectivity index (χ4n) is 1.24. The molecule has 0 saturated carbocycles. The van der Waals surface area contributed by atoms with Gasteiger partial charge >= 0.3 is 0 Å². The Kier molecular flexibility index (Phi) is 6.16. The Labute approximate surface area is 137 Å². The summed E-state index contributed by atoms with van der Waals surface area (Å²) in [5, 5.41) is 14.4. The summed E-state index contributed by atoms with van der Waals surface area (Å²) in [7, 11) is 0. The first kappa shape index (κ1) is 16.7. The first-order valence-corrected chi connectivity index (χ1v) is 8.86. The number of nitrogens with zero attached hydrogens (tertiary/aromatic N) is 4. The molecule has 10 heteroatoms. The Morgan fingerprint density at radius 1 is 1.18 bits per heavy atom. The molecule has 114 valence electrons. The molecule has 2 amide bonds. The zero-order valence-electron chi connectivity index (χ0n) is 11.2. The van der Waals surface area contributed by atoms with Gasteiger partial charge in [0.05, 0.1) is 5.75 Å². The van der Waals surface area contributed by atoms with Crippen LogP contribution in [0.2, 0.25) is 0 Å². The molecule has 0 N–H and O–H groups in total. The van der Waals surface area contributed by atoms with Gasteiger partial charge in [-0.2, -0.15) is 0 Å². The molecule has 2 aromatic rings. The van der Waals surface area contributed by atoms with Crippen molar-refractivity contribution in [2.24, 2.45) is 10.2 Å². The highest BCUT2D eigenvalue weighted by Gasteiger charge is 2.09. The average Bonchev–Trinajstić information content (AvgIpc) is 2.99. The maximum Gasteiger partial charge on any atom is 0.295 e. The van der Waals surface area contributed by atoms with Crippen LogP contribution in [0, 0.1) is 5.82 Å². The van der Waals surface area contributed by atoms with E-state index in [2.05, 4.69) is 20.4 Å². The number of hydrogen-bond donors (Lipinski definition) is 0. The summed E-state index contributed by atoms with van der Waals surface area (Å²) in [5.74, 6) is -1.69. The molecule has 0 spiro atoms. The summed E-state index contributed by atoms with van der Waals surface area (Å²) < 4.78 is 14.2. The molecule has 22 heavy (non-hydrogen) atoms. The lowest BCUT2D eigenvalue weighted by atomic mass is 10.2. The average molecular weight is 356 g/mol. The summed E-state index contributed by atoms with van der Waals surface area (Å²) >= 11 is 4.03. The molecule has 0 aliphatic carbocycles. The van der Waals surface area contributed by atoms with Crippen molar-refractivity contribution in [3.8, 4) is 0 Å². The maximum absolute atomic E-state index is 12.7. The molecule has 6 nitrogen and oxygen atoms in total. The highest BCUT2D eigenvalue weighted by atomic mass is 32.2. The van der Waals surface area contributed by atoms with Crippen LogP contribution in [0.15, 0.2) is 43.2 Å². The van der Waals surface area contributed by atoms with Crippen LogP contribution in [0.25, 0.3) is 0 Å². The number of halogens is 1. The van der Waals surface area contributed by atoms with E-state index in [1.807, 2.05) is 6.26 Å². The van der Waals surface area contributed by atoms with Gasteiger partial charge in [0, 0.05) is 5.56 Å². The molecule has 1 aromatic heterocycles. The quantitative estimate of drug-likeness (QED) is 0.603. The van der Waals surface area contributed by atoms with E-state index in [-0.39, 0.29) is 11.3 Å². The monoisotopic (exact) mass is 356 g/mol. The lowest BCUT2D eigenvalue weighted by Gasteiger charge is -1.94. The summed E-state index contributed by atoms with van der Waals surface area (Å²) in [6.07, 6.45) is 1.88. The largest absolute Gasteiger partial charge is 0.295 e. The van der Waals surface area contributed by atoms with Crippen LogP contribution in [0.5, 0.6) is 0 Å². The van der Waals surface area contributed by atoms with Crippen LogP contribution in [0.4, 0.5) is 4.39 Å². The number of aromatic nitrogens is 2. The number of carbonyl (C=O) groups excluding carboxylic acids is 2. The van der Waals surface area contributed by atoms with Crippen LogP contribution in [-0.4, -0.2) is 34.0 Å². The van der Waals surface area contributed by atoms with Crippen LogP contribution < -0.4 is 0 Å². The van der Waals surface area contributed by atoms with Crippen molar-refractivity contribution in [3.05, 3.63) is 35.6 Å².